The van der Waals surface area contributed by atoms with Crippen molar-refractivity contribution < 1.29 is 19.1 Å². The number of rotatable bonds is 7. The van der Waals surface area contributed by atoms with Crippen LogP contribution < -0.4 is 5.32 Å². The third-order valence-corrected chi connectivity index (χ3v) is 3.20. The quantitative estimate of drug-likeness (QED) is 0.782. The van der Waals surface area contributed by atoms with Gasteiger partial charge in [0.1, 0.15) is 5.60 Å². The van der Waals surface area contributed by atoms with E-state index in [1.807, 2.05) is 24.3 Å². The minimum Gasteiger partial charge on any atom is -0.444 e. The Morgan fingerprint density at radius 2 is 1.78 bits per heavy atom. The summed E-state index contributed by atoms with van der Waals surface area (Å²) in [6.45, 7) is 7.68. The molecule has 128 valence electrons. The monoisotopic (exact) mass is 321 g/mol. The van der Waals surface area contributed by atoms with Gasteiger partial charge >= 0.3 is 6.09 Å². The molecule has 0 radical (unpaired) electrons. The predicted molar refractivity (Wildman–Crippen MR) is 89.8 cm³/mol. The lowest BCUT2D eigenvalue weighted by Crippen LogP contribution is -2.42. The second-order valence-corrected chi connectivity index (χ2v) is 6.48. The second-order valence-electron chi connectivity index (χ2n) is 6.48. The molecule has 0 saturated carbocycles. The van der Waals surface area contributed by atoms with Gasteiger partial charge in [0.2, 0.25) is 0 Å². The summed E-state index contributed by atoms with van der Waals surface area (Å²) in [6.07, 6.45) is 0.549. The van der Waals surface area contributed by atoms with Gasteiger partial charge < -0.3 is 14.8 Å². The van der Waals surface area contributed by atoms with Gasteiger partial charge in [0, 0.05) is 19.1 Å². The van der Waals surface area contributed by atoms with Gasteiger partial charge in [-0.2, -0.15) is 0 Å². The van der Waals surface area contributed by atoms with E-state index in [0.29, 0.717) is 5.56 Å². The van der Waals surface area contributed by atoms with Gasteiger partial charge in [-0.15, -0.1) is 0 Å². The number of aryl methyl sites for hydroxylation is 1. The van der Waals surface area contributed by atoms with Crippen molar-refractivity contribution in [2.75, 3.05) is 13.7 Å². The van der Waals surface area contributed by atoms with E-state index < -0.39 is 17.7 Å². The van der Waals surface area contributed by atoms with Crippen LogP contribution in [0.5, 0.6) is 0 Å². The smallest absolute Gasteiger partial charge is 0.407 e. The Morgan fingerprint density at radius 1 is 1.17 bits per heavy atom. The third kappa shape index (κ3) is 7.28. The summed E-state index contributed by atoms with van der Waals surface area (Å²) in [5, 5.41) is 2.69. The van der Waals surface area contributed by atoms with Gasteiger partial charge in [-0.25, -0.2) is 4.79 Å². The van der Waals surface area contributed by atoms with Crippen molar-refractivity contribution in [3.05, 3.63) is 35.4 Å². The van der Waals surface area contributed by atoms with Crippen LogP contribution in [0, 0.1) is 0 Å². The van der Waals surface area contributed by atoms with Crippen LogP contribution in [0.3, 0.4) is 0 Å². The second kappa shape index (κ2) is 8.67. The molecular formula is C18H27NO4. The highest BCUT2D eigenvalue weighted by atomic mass is 16.6. The molecule has 0 spiro atoms. The molecule has 1 aromatic rings. The summed E-state index contributed by atoms with van der Waals surface area (Å²) >= 11 is 0. The molecule has 1 N–H and O–H groups in total. The number of carbonyl (C=O) groups is 2. The molecular weight excluding hydrogens is 294 g/mol. The van der Waals surface area contributed by atoms with Crippen molar-refractivity contribution in [2.24, 2.45) is 0 Å². The first-order valence-corrected chi connectivity index (χ1v) is 7.85. The third-order valence-electron chi connectivity index (χ3n) is 3.20. The summed E-state index contributed by atoms with van der Waals surface area (Å²) in [7, 11) is 1.53. The summed E-state index contributed by atoms with van der Waals surface area (Å²) < 4.78 is 10.3. The highest BCUT2D eigenvalue weighted by Crippen LogP contribution is 2.11. The van der Waals surface area contributed by atoms with Gasteiger partial charge in [-0.1, -0.05) is 31.2 Å². The predicted octanol–water partition coefficient (Wildman–Crippen LogP) is 3.36. The molecule has 23 heavy (non-hydrogen) atoms. The fourth-order valence-corrected chi connectivity index (χ4v) is 2.10. The van der Waals surface area contributed by atoms with Crippen molar-refractivity contribution >= 4 is 11.9 Å². The van der Waals surface area contributed by atoms with Crippen LogP contribution in [-0.4, -0.2) is 37.2 Å². The first kappa shape index (κ1) is 19.2. The lowest BCUT2D eigenvalue weighted by molar-refractivity contribution is 0.0464. The van der Waals surface area contributed by atoms with Crippen LogP contribution in [-0.2, 0) is 15.9 Å². The molecule has 0 aliphatic rings. The Kier molecular flexibility index (Phi) is 7.23. The Bertz CT molecular complexity index is 517. The molecule has 5 heteroatoms. The molecule has 1 rings (SSSR count). The Balaban J connectivity index is 2.66. The molecule has 1 atom stereocenters. The topological polar surface area (TPSA) is 64.6 Å². The van der Waals surface area contributed by atoms with Crippen molar-refractivity contribution in [3.63, 3.8) is 0 Å². The van der Waals surface area contributed by atoms with Crippen LogP contribution >= 0.6 is 0 Å². The minimum absolute atomic E-state index is 0.0363. The van der Waals surface area contributed by atoms with Crippen molar-refractivity contribution in [3.8, 4) is 0 Å². The minimum atomic E-state index is -0.582. The molecule has 0 aromatic heterocycles. The molecule has 5 nitrogen and oxygen atoms in total. The first-order valence-electron chi connectivity index (χ1n) is 7.85. The van der Waals surface area contributed by atoms with E-state index in [1.165, 1.54) is 12.7 Å². The van der Waals surface area contributed by atoms with Crippen LogP contribution in [0.2, 0.25) is 0 Å². The maximum absolute atomic E-state index is 12.3. The summed E-state index contributed by atoms with van der Waals surface area (Å²) in [5.41, 5.74) is 1.23. The normalized spacial score (nSPS) is 12.6. The van der Waals surface area contributed by atoms with Gasteiger partial charge in [-0.05, 0) is 32.8 Å². The fourth-order valence-electron chi connectivity index (χ4n) is 2.10. The summed E-state index contributed by atoms with van der Waals surface area (Å²) in [6, 6.07) is 7.10. The van der Waals surface area contributed by atoms with E-state index in [4.69, 9.17) is 9.47 Å². The Hall–Kier alpha value is -1.88. The average Bonchev–Trinajstić information content (AvgIpc) is 2.45. The molecule has 0 saturated heterocycles. The number of carbonyl (C=O) groups excluding carboxylic acids is 2. The van der Waals surface area contributed by atoms with Crippen molar-refractivity contribution in [2.45, 2.75) is 52.2 Å². The van der Waals surface area contributed by atoms with E-state index >= 15 is 0 Å². The first-order chi connectivity index (χ1) is 10.7. The zero-order valence-electron chi connectivity index (χ0n) is 14.6. The number of hydrogen-bond donors (Lipinski definition) is 1. The number of ketones is 1. The number of benzene rings is 1. The molecule has 1 unspecified atom stereocenters. The number of ether oxygens (including phenoxy) is 2. The molecule has 0 fully saturated rings. The fraction of sp³-hybridized carbons (Fsp3) is 0.556. The van der Waals surface area contributed by atoms with E-state index in [-0.39, 0.29) is 18.8 Å². The zero-order chi connectivity index (χ0) is 17.5. The van der Waals surface area contributed by atoms with Crippen LogP contribution in [0.25, 0.3) is 0 Å². The number of amides is 1. The molecule has 1 aromatic carbocycles. The van der Waals surface area contributed by atoms with E-state index in [9.17, 15) is 9.59 Å². The molecule has 0 aliphatic carbocycles. The number of alkyl carbamates (subject to hydrolysis) is 1. The van der Waals surface area contributed by atoms with E-state index in [2.05, 4.69) is 12.2 Å². The van der Waals surface area contributed by atoms with Crippen molar-refractivity contribution in [1.82, 2.24) is 5.32 Å². The van der Waals surface area contributed by atoms with Gasteiger partial charge in [0.15, 0.2) is 5.78 Å². The summed E-state index contributed by atoms with van der Waals surface area (Å²) in [4.78, 5) is 24.2. The lowest BCUT2D eigenvalue weighted by atomic mass is 10.0. The number of hydrogen-bond acceptors (Lipinski definition) is 4. The molecule has 0 bridgehead atoms. The van der Waals surface area contributed by atoms with Gasteiger partial charge in [0.05, 0.1) is 12.6 Å². The maximum atomic E-state index is 12.3. The average molecular weight is 321 g/mol. The Morgan fingerprint density at radius 3 is 2.26 bits per heavy atom. The zero-order valence-corrected chi connectivity index (χ0v) is 14.6. The van der Waals surface area contributed by atoms with E-state index in [0.717, 1.165) is 6.42 Å². The summed E-state index contributed by atoms with van der Waals surface area (Å²) in [5.74, 6) is -0.0363. The van der Waals surface area contributed by atoms with Gasteiger partial charge in [0.25, 0.3) is 0 Å². The largest absolute Gasteiger partial charge is 0.444 e. The van der Waals surface area contributed by atoms with Crippen LogP contribution in [0.15, 0.2) is 24.3 Å². The number of methoxy groups -OCH3 is 1. The SMILES string of the molecule is CCc1ccc(C(=O)CC(COC)NC(=O)OC(C)(C)C)cc1. The van der Waals surface area contributed by atoms with E-state index in [1.54, 1.807) is 20.8 Å². The van der Waals surface area contributed by atoms with Gasteiger partial charge in [-0.3, -0.25) is 4.79 Å². The molecule has 1 amide bonds. The van der Waals surface area contributed by atoms with Crippen LogP contribution in [0.1, 0.15) is 50.0 Å². The standard InChI is InChI=1S/C18H27NO4/c1-6-13-7-9-14(10-8-13)16(20)11-15(12-22-5)19-17(21)23-18(2,3)4/h7-10,15H,6,11-12H2,1-5H3,(H,19,21). The van der Waals surface area contributed by atoms with Crippen molar-refractivity contribution in [1.29, 1.82) is 0 Å². The highest BCUT2D eigenvalue weighted by Gasteiger charge is 2.21. The Labute approximate surface area is 138 Å². The number of Topliss-reactive ketones (excluding diaryl/α,β-unsaturated/α-hetero) is 1. The lowest BCUT2D eigenvalue weighted by Gasteiger charge is -2.23. The number of nitrogens with one attached hydrogen (secondary N) is 1. The molecule has 0 heterocycles. The van der Waals surface area contributed by atoms with Crippen LogP contribution in [0.4, 0.5) is 4.79 Å². The molecule has 0 aliphatic heterocycles. The maximum Gasteiger partial charge on any atom is 0.407 e. The highest BCUT2D eigenvalue weighted by molar-refractivity contribution is 5.96.